The third kappa shape index (κ3) is 3.52. The zero-order valence-electron chi connectivity index (χ0n) is 16.7. The minimum Gasteiger partial charge on any atom is -0.365 e. The number of hydrogen-bond donors (Lipinski definition) is 0. The number of carbonyl (C=O) groups excluding carboxylic acids is 1. The summed E-state index contributed by atoms with van der Waals surface area (Å²) in [5.41, 5.74) is 4.93. The van der Waals surface area contributed by atoms with Crippen LogP contribution in [0, 0.1) is 0 Å². The number of hydrogen-bond acceptors (Lipinski definition) is 4. The molecule has 1 amide bonds. The van der Waals surface area contributed by atoms with Crippen molar-refractivity contribution in [3.05, 3.63) is 69.6 Å². The molecule has 2 heterocycles. The summed E-state index contributed by atoms with van der Waals surface area (Å²) < 4.78 is 0.527. The van der Waals surface area contributed by atoms with Crippen LogP contribution in [0.2, 0.25) is 5.02 Å². The molecule has 0 aromatic heterocycles. The summed E-state index contributed by atoms with van der Waals surface area (Å²) >= 11 is 13.4. The molecular weight excluding hydrogens is 420 g/mol. The van der Waals surface area contributed by atoms with Gasteiger partial charge in [-0.15, -0.1) is 0 Å². The number of halogens is 1. The Balaban J connectivity index is 1.74. The molecule has 0 N–H and O–H groups in total. The Morgan fingerprint density at radius 1 is 1.17 bits per heavy atom. The molecule has 6 heteroatoms. The monoisotopic (exact) mass is 440 g/mol. The summed E-state index contributed by atoms with van der Waals surface area (Å²) in [7, 11) is 2.07. The van der Waals surface area contributed by atoms with Crippen LogP contribution in [-0.2, 0) is 4.79 Å². The number of anilines is 2. The molecule has 2 aliphatic rings. The number of benzene rings is 2. The smallest absolute Gasteiger partial charge is 0.270 e. The van der Waals surface area contributed by atoms with E-state index >= 15 is 0 Å². The van der Waals surface area contributed by atoms with Crippen LogP contribution >= 0.6 is 35.6 Å². The summed E-state index contributed by atoms with van der Waals surface area (Å²) in [5, 5.41) is 0.617. The highest BCUT2D eigenvalue weighted by Gasteiger charge is 2.34. The number of amides is 1. The van der Waals surface area contributed by atoms with Gasteiger partial charge < -0.3 is 4.90 Å². The van der Waals surface area contributed by atoms with Crippen LogP contribution in [0.5, 0.6) is 0 Å². The van der Waals surface area contributed by atoms with Gasteiger partial charge in [-0.1, -0.05) is 59.9 Å². The maximum Gasteiger partial charge on any atom is 0.270 e. The molecule has 2 aromatic rings. The average molecular weight is 441 g/mol. The standard InChI is InChI=1S/C23H21ClN2OS2/c1-14-13-23(2,3)25(4)19-12-18(24)15(10-17(14)19)11-20-21(27)26(22(28)29-20)16-8-6-5-7-9-16/h5-13H,1-4H3/b20-11+. The van der Waals surface area contributed by atoms with E-state index in [1.807, 2.05) is 42.5 Å². The summed E-state index contributed by atoms with van der Waals surface area (Å²) in [6, 6.07) is 13.5. The molecule has 0 atom stereocenters. The second kappa shape index (κ2) is 7.31. The predicted octanol–water partition coefficient (Wildman–Crippen LogP) is 6.38. The van der Waals surface area contributed by atoms with Crippen molar-refractivity contribution in [3.8, 4) is 0 Å². The molecule has 29 heavy (non-hydrogen) atoms. The first-order valence-corrected chi connectivity index (χ1v) is 10.9. The van der Waals surface area contributed by atoms with Crippen LogP contribution in [0.4, 0.5) is 11.4 Å². The highest BCUT2D eigenvalue weighted by Crippen LogP contribution is 2.42. The second-order valence-corrected chi connectivity index (χ2v) is 9.87. The molecule has 0 radical (unpaired) electrons. The number of thiocarbonyl (C=S) groups is 1. The maximum absolute atomic E-state index is 13.0. The van der Waals surface area contributed by atoms with Crippen LogP contribution in [-0.4, -0.2) is 22.8 Å². The van der Waals surface area contributed by atoms with Gasteiger partial charge >= 0.3 is 0 Å². The van der Waals surface area contributed by atoms with Gasteiger partial charge in [0.1, 0.15) is 0 Å². The second-order valence-electron chi connectivity index (χ2n) is 7.78. The van der Waals surface area contributed by atoms with Crippen molar-refractivity contribution in [2.75, 3.05) is 16.8 Å². The van der Waals surface area contributed by atoms with E-state index in [0.29, 0.717) is 14.2 Å². The fraction of sp³-hybridized carbons (Fsp3) is 0.217. The maximum atomic E-state index is 13.0. The van der Waals surface area contributed by atoms with E-state index in [4.69, 9.17) is 23.8 Å². The number of fused-ring (bicyclic) bond motifs is 1. The molecule has 1 saturated heterocycles. The summed E-state index contributed by atoms with van der Waals surface area (Å²) in [4.78, 5) is 17.4. The van der Waals surface area contributed by atoms with Gasteiger partial charge in [-0.25, -0.2) is 0 Å². The lowest BCUT2D eigenvalue weighted by molar-refractivity contribution is -0.113. The Morgan fingerprint density at radius 2 is 1.86 bits per heavy atom. The lowest BCUT2D eigenvalue weighted by Gasteiger charge is -2.40. The zero-order chi connectivity index (χ0) is 20.9. The number of nitrogens with zero attached hydrogens (tertiary/aromatic N) is 2. The number of likely N-dealkylation sites (N-methyl/N-ethyl adjacent to an activating group) is 1. The van der Waals surface area contributed by atoms with Crippen molar-refractivity contribution in [2.24, 2.45) is 0 Å². The van der Waals surface area contributed by atoms with Crippen LogP contribution in [0.25, 0.3) is 11.6 Å². The molecule has 0 spiro atoms. The molecule has 1 fully saturated rings. The van der Waals surface area contributed by atoms with Crippen molar-refractivity contribution in [3.63, 3.8) is 0 Å². The van der Waals surface area contributed by atoms with Gasteiger partial charge in [-0.3, -0.25) is 9.69 Å². The van der Waals surface area contributed by atoms with E-state index in [9.17, 15) is 4.79 Å². The van der Waals surface area contributed by atoms with Gasteiger partial charge in [0.2, 0.25) is 0 Å². The summed E-state index contributed by atoms with van der Waals surface area (Å²) in [6.07, 6.45) is 4.10. The van der Waals surface area contributed by atoms with Gasteiger partial charge in [-0.05, 0) is 62.2 Å². The lowest BCUT2D eigenvalue weighted by atomic mass is 9.88. The topological polar surface area (TPSA) is 23.6 Å². The molecule has 0 bridgehead atoms. The SMILES string of the molecule is CC1=CC(C)(C)N(C)c2cc(Cl)c(/C=C3/SC(=S)N(c4ccccc4)C3=O)cc21. The third-order valence-electron chi connectivity index (χ3n) is 5.43. The number of rotatable bonds is 2. The number of allylic oxidation sites excluding steroid dienone is 1. The molecule has 4 rings (SSSR count). The Hall–Kier alpha value is -2.08. The molecule has 0 saturated carbocycles. The Labute approximate surface area is 186 Å². The van der Waals surface area contributed by atoms with Crippen LogP contribution < -0.4 is 9.80 Å². The third-order valence-corrected chi connectivity index (χ3v) is 7.06. The van der Waals surface area contributed by atoms with Crippen LogP contribution in [0.1, 0.15) is 31.9 Å². The lowest BCUT2D eigenvalue weighted by Crippen LogP contribution is -2.42. The molecule has 0 aliphatic carbocycles. The minimum atomic E-state index is -0.120. The molecule has 2 aliphatic heterocycles. The van der Waals surface area contributed by atoms with E-state index in [1.54, 1.807) is 4.90 Å². The fourth-order valence-corrected chi connectivity index (χ4v) is 5.21. The molecular formula is C23H21ClN2OS2. The first-order chi connectivity index (χ1) is 13.7. The Kier molecular flexibility index (Phi) is 5.09. The predicted molar refractivity (Wildman–Crippen MR) is 130 cm³/mol. The van der Waals surface area contributed by atoms with E-state index in [1.165, 1.54) is 17.3 Å². The largest absolute Gasteiger partial charge is 0.365 e. The minimum absolute atomic E-state index is 0.0833. The van der Waals surface area contributed by atoms with Crippen molar-refractivity contribution in [1.29, 1.82) is 0 Å². The van der Waals surface area contributed by atoms with E-state index < -0.39 is 0 Å². The Bertz CT molecular complexity index is 1090. The van der Waals surface area contributed by atoms with Crippen molar-refractivity contribution < 1.29 is 4.79 Å². The van der Waals surface area contributed by atoms with Crippen LogP contribution in [0.3, 0.4) is 0 Å². The molecule has 0 unspecified atom stereocenters. The molecule has 2 aromatic carbocycles. The summed E-state index contributed by atoms with van der Waals surface area (Å²) in [5.74, 6) is -0.120. The van der Waals surface area contributed by atoms with Crippen molar-refractivity contribution >= 4 is 68.8 Å². The number of carbonyl (C=O) groups is 1. The highest BCUT2D eigenvalue weighted by molar-refractivity contribution is 8.27. The molecule has 3 nitrogen and oxygen atoms in total. The van der Waals surface area contributed by atoms with Gasteiger partial charge in [0.15, 0.2) is 4.32 Å². The van der Waals surface area contributed by atoms with Crippen molar-refractivity contribution in [2.45, 2.75) is 26.3 Å². The normalized spacial score (nSPS) is 19.6. The van der Waals surface area contributed by atoms with E-state index in [-0.39, 0.29) is 11.4 Å². The van der Waals surface area contributed by atoms with Crippen molar-refractivity contribution in [1.82, 2.24) is 0 Å². The number of para-hydroxylation sites is 1. The molecule has 148 valence electrons. The van der Waals surface area contributed by atoms with Gasteiger partial charge in [0.05, 0.1) is 16.1 Å². The van der Waals surface area contributed by atoms with E-state index in [2.05, 4.69) is 44.9 Å². The fourth-order valence-electron chi connectivity index (χ4n) is 3.71. The van der Waals surface area contributed by atoms with E-state index in [0.717, 1.165) is 22.5 Å². The highest BCUT2D eigenvalue weighted by atomic mass is 35.5. The average Bonchev–Trinajstić information content (AvgIpc) is 2.95. The van der Waals surface area contributed by atoms with Gasteiger partial charge in [0.25, 0.3) is 5.91 Å². The first-order valence-electron chi connectivity index (χ1n) is 9.29. The first kappa shape index (κ1) is 20.2. The zero-order valence-corrected chi connectivity index (χ0v) is 19.1. The number of thioether (sulfide) groups is 1. The van der Waals surface area contributed by atoms with Crippen LogP contribution in [0.15, 0.2) is 53.4 Å². The summed E-state index contributed by atoms with van der Waals surface area (Å²) in [6.45, 7) is 6.46. The van der Waals surface area contributed by atoms with Gasteiger partial charge in [-0.2, -0.15) is 0 Å². The quantitative estimate of drug-likeness (QED) is 0.399. The van der Waals surface area contributed by atoms with Gasteiger partial charge in [0, 0.05) is 23.3 Å². The Morgan fingerprint density at radius 3 is 2.55 bits per heavy atom.